The van der Waals surface area contributed by atoms with Crippen molar-refractivity contribution in [2.45, 2.75) is 48.8 Å². The van der Waals surface area contributed by atoms with Gasteiger partial charge in [0.1, 0.15) is 18.0 Å². The number of nitrogens with one attached hydrogen (secondary N) is 1. The lowest BCUT2D eigenvalue weighted by molar-refractivity contribution is -0.191. The predicted octanol–water partition coefficient (Wildman–Crippen LogP) is -2.31. The van der Waals surface area contributed by atoms with E-state index in [-0.39, 0.29) is 11.4 Å². The Balaban J connectivity index is 1.56. The van der Waals surface area contributed by atoms with Gasteiger partial charge in [-0.05, 0) is 30.2 Å². The van der Waals surface area contributed by atoms with Crippen LogP contribution in [0.1, 0.15) is 18.2 Å². The highest BCUT2D eigenvalue weighted by atomic mass is 16.6. The van der Waals surface area contributed by atoms with Gasteiger partial charge in [0.05, 0.1) is 6.61 Å². The molecule has 40 heavy (non-hydrogen) atoms. The number of hydrogen-bond donors (Lipinski definition) is 7. The summed E-state index contributed by atoms with van der Waals surface area (Å²) in [6.07, 6.45) is 0.748. The van der Waals surface area contributed by atoms with Crippen molar-refractivity contribution >= 4 is 23.4 Å². The normalized spacial score (nSPS) is 26.8. The second-order valence-electron chi connectivity index (χ2n) is 9.44. The number of aliphatic hydroxyl groups excluding tert-OH is 2. The van der Waals surface area contributed by atoms with Crippen LogP contribution in [0.5, 0.6) is 0 Å². The summed E-state index contributed by atoms with van der Waals surface area (Å²) < 4.78 is 11.8. The standard InChI is InChI=1S/C25H29N5O10/c1-2-24(38)16(40-19(18(24)31)30-11-8-17(26)28-23(30)37)13-39-25(20(32)33,21(34)35)12-14-4-6-15(7-5-14)29-10-3-9-27-22(29)36/h1,4-8,11,16,18-19,22,27,31,36,38H,3,9-10,12-13H2,(H,32,33)(H,34,35)(H2,26,28,37)/t16-,18+,19-,22?,24-/m1/s1. The van der Waals surface area contributed by atoms with Crippen molar-refractivity contribution in [1.82, 2.24) is 14.9 Å². The SMILES string of the molecule is C#C[C@@]1(O)[C@@H](COC(Cc2ccc(N3CCCNC3O)cc2)(C(=O)O)C(=O)O)O[C@@H](n2ccc(N)nc2=O)[C@@H]1O. The number of hydrogen-bond acceptors (Lipinski definition) is 12. The first-order valence-corrected chi connectivity index (χ1v) is 12.2. The van der Waals surface area contributed by atoms with Crippen LogP contribution in [-0.2, 0) is 25.5 Å². The molecule has 15 nitrogen and oxygen atoms in total. The predicted molar refractivity (Wildman–Crippen MR) is 137 cm³/mol. The lowest BCUT2D eigenvalue weighted by Crippen LogP contribution is -2.55. The fourth-order valence-electron chi connectivity index (χ4n) is 4.65. The van der Waals surface area contributed by atoms with Gasteiger partial charge in [0, 0.05) is 31.4 Å². The van der Waals surface area contributed by atoms with E-state index in [1.165, 1.54) is 18.2 Å². The number of anilines is 2. The maximum absolute atomic E-state index is 12.3. The molecule has 0 saturated carbocycles. The van der Waals surface area contributed by atoms with Gasteiger partial charge in [-0.25, -0.2) is 14.4 Å². The molecule has 8 N–H and O–H groups in total. The molecule has 2 aliphatic heterocycles. The minimum absolute atomic E-state index is 0.106. The van der Waals surface area contributed by atoms with E-state index in [4.69, 9.17) is 21.6 Å². The zero-order chi connectivity index (χ0) is 29.2. The molecular weight excluding hydrogens is 530 g/mol. The number of rotatable bonds is 9. The molecule has 2 saturated heterocycles. The van der Waals surface area contributed by atoms with E-state index in [1.54, 1.807) is 17.0 Å². The van der Waals surface area contributed by atoms with Crippen LogP contribution in [0.2, 0.25) is 0 Å². The number of carboxylic acids is 2. The summed E-state index contributed by atoms with van der Waals surface area (Å²) in [5, 5.41) is 54.6. The van der Waals surface area contributed by atoms with Gasteiger partial charge >= 0.3 is 17.6 Å². The Labute approximate surface area is 227 Å². The summed E-state index contributed by atoms with van der Waals surface area (Å²) in [7, 11) is 0. The molecule has 0 amide bonds. The second-order valence-corrected chi connectivity index (χ2v) is 9.44. The third kappa shape index (κ3) is 5.23. The average Bonchev–Trinajstić information content (AvgIpc) is 3.17. The van der Waals surface area contributed by atoms with E-state index in [9.17, 15) is 39.9 Å². The fourth-order valence-corrected chi connectivity index (χ4v) is 4.65. The molecule has 0 spiro atoms. The Morgan fingerprint density at radius 2 is 1.93 bits per heavy atom. The van der Waals surface area contributed by atoms with Gasteiger partial charge in [0.2, 0.25) is 0 Å². The molecule has 0 radical (unpaired) electrons. The number of aliphatic hydroxyl groups is 3. The number of aromatic nitrogens is 2. The van der Waals surface area contributed by atoms with Crippen LogP contribution < -0.4 is 21.6 Å². The Hall–Kier alpha value is -4.04. The van der Waals surface area contributed by atoms with Crippen LogP contribution >= 0.6 is 0 Å². The highest BCUT2D eigenvalue weighted by molar-refractivity contribution is 6.02. The topological polar surface area (TPSA) is 230 Å². The molecule has 5 atom stereocenters. The number of nitrogens with two attached hydrogens (primary N) is 1. The lowest BCUT2D eigenvalue weighted by Gasteiger charge is -2.34. The molecular formula is C25H29N5O10. The molecule has 2 aliphatic rings. The van der Waals surface area contributed by atoms with E-state index in [0.29, 0.717) is 18.8 Å². The summed E-state index contributed by atoms with van der Waals surface area (Å²) in [6.45, 7) is 0.348. The molecule has 2 fully saturated rings. The Morgan fingerprint density at radius 3 is 2.50 bits per heavy atom. The molecule has 2 aromatic rings. The van der Waals surface area contributed by atoms with E-state index in [2.05, 4.69) is 10.3 Å². The van der Waals surface area contributed by atoms with Crippen molar-refractivity contribution in [2.75, 3.05) is 30.3 Å². The third-order valence-corrected chi connectivity index (χ3v) is 6.96. The summed E-state index contributed by atoms with van der Waals surface area (Å²) in [4.78, 5) is 42.0. The van der Waals surface area contributed by atoms with E-state index < -0.39 is 66.6 Å². The van der Waals surface area contributed by atoms with Gasteiger partial charge in [0.25, 0.3) is 5.60 Å². The number of benzene rings is 1. The Kier molecular flexibility index (Phi) is 8.12. The third-order valence-electron chi connectivity index (χ3n) is 6.96. The van der Waals surface area contributed by atoms with Crippen molar-refractivity contribution < 1.29 is 44.6 Å². The first-order valence-electron chi connectivity index (χ1n) is 12.2. The van der Waals surface area contributed by atoms with Gasteiger partial charge in [-0.1, -0.05) is 18.1 Å². The number of nitrogens with zero attached hydrogens (tertiary/aromatic N) is 3. The quantitative estimate of drug-likeness (QED) is 0.126. The zero-order valence-electron chi connectivity index (χ0n) is 21.1. The second kappa shape index (κ2) is 11.2. The number of terminal acetylenes is 1. The van der Waals surface area contributed by atoms with Crippen LogP contribution in [-0.4, -0.2) is 96.5 Å². The van der Waals surface area contributed by atoms with Crippen LogP contribution in [0, 0.1) is 12.3 Å². The minimum Gasteiger partial charge on any atom is -0.479 e. The van der Waals surface area contributed by atoms with E-state index >= 15 is 0 Å². The van der Waals surface area contributed by atoms with Crippen LogP contribution in [0.15, 0.2) is 41.3 Å². The van der Waals surface area contributed by atoms with Crippen molar-refractivity contribution in [2.24, 2.45) is 0 Å². The van der Waals surface area contributed by atoms with Crippen LogP contribution in [0.25, 0.3) is 0 Å². The first-order chi connectivity index (χ1) is 18.9. The van der Waals surface area contributed by atoms with E-state index in [1.807, 2.05) is 5.92 Å². The van der Waals surface area contributed by atoms with Crippen molar-refractivity contribution in [1.29, 1.82) is 0 Å². The highest BCUT2D eigenvalue weighted by Crippen LogP contribution is 2.37. The van der Waals surface area contributed by atoms with Gasteiger partial charge in [0.15, 0.2) is 18.2 Å². The number of aliphatic carboxylic acids is 2. The van der Waals surface area contributed by atoms with Gasteiger partial charge < -0.3 is 45.6 Å². The van der Waals surface area contributed by atoms with Gasteiger partial charge in [-0.15, -0.1) is 6.42 Å². The molecule has 4 rings (SSSR count). The number of carbonyl (C=O) groups is 2. The smallest absolute Gasteiger partial charge is 0.351 e. The van der Waals surface area contributed by atoms with Crippen LogP contribution in [0.3, 0.4) is 0 Å². The maximum atomic E-state index is 12.3. The van der Waals surface area contributed by atoms with Crippen molar-refractivity contribution in [3.63, 3.8) is 0 Å². The number of ether oxygens (including phenoxy) is 2. The van der Waals surface area contributed by atoms with Crippen LogP contribution in [0.4, 0.5) is 11.5 Å². The summed E-state index contributed by atoms with van der Waals surface area (Å²) in [5.41, 5.74) is 0.142. The fraction of sp³-hybridized carbons (Fsp3) is 0.440. The molecule has 15 heteroatoms. The van der Waals surface area contributed by atoms with E-state index in [0.717, 1.165) is 17.2 Å². The summed E-state index contributed by atoms with van der Waals surface area (Å²) >= 11 is 0. The Morgan fingerprint density at radius 1 is 1.25 bits per heavy atom. The lowest BCUT2D eigenvalue weighted by atomic mass is 9.91. The first kappa shape index (κ1) is 29.0. The number of nitrogen functional groups attached to an aromatic ring is 1. The Bertz CT molecular complexity index is 1340. The monoisotopic (exact) mass is 559 g/mol. The largest absolute Gasteiger partial charge is 0.479 e. The summed E-state index contributed by atoms with van der Waals surface area (Å²) in [6, 6.07) is 7.46. The summed E-state index contributed by atoms with van der Waals surface area (Å²) in [5.74, 6) is -1.81. The minimum atomic E-state index is -2.84. The molecule has 1 unspecified atom stereocenters. The van der Waals surface area contributed by atoms with Gasteiger partial charge in [-0.3, -0.25) is 9.88 Å². The molecule has 1 aromatic heterocycles. The highest BCUT2D eigenvalue weighted by Gasteiger charge is 2.57. The number of carboxylic acid groups (broad SMARTS) is 2. The molecule has 0 aliphatic carbocycles. The average molecular weight is 560 g/mol. The van der Waals surface area contributed by atoms with Gasteiger partial charge in [-0.2, -0.15) is 4.98 Å². The zero-order valence-corrected chi connectivity index (χ0v) is 21.1. The van der Waals surface area contributed by atoms with Crippen molar-refractivity contribution in [3.8, 4) is 12.3 Å². The molecule has 1 aromatic carbocycles. The molecule has 214 valence electrons. The maximum Gasteiger partial charge on any atom is 0.351 e. The molecule has 0 bridgehead atoms. The molecule has 3 heterocycles. The van der Waals surface area contributed by atoms with Crippen molar-refractivity contribution in [3.05, 3.63) is 52.6 Å².